The lowest BCUT2D eigenvalue weighted by Crippen LogP contribution is -2.53. The first-order valence-electron chi connectivity index (χ1n) is 10.2. The minimum atomic E-state index is -0.870. The van der Waals surface area contributed by atoms with E-state index in [1.807, 2.05) is 0 Å². The fourth-order valence-corrected chi connectivity index (χ4v) is 4.53. The third kappa shape index (κ3) is 3.49. The van der Waals surface area contributed by atoms with Crippen LogP contribution in [0.2, 0.25) is 0 Å². The standard InChI is InChI=1S/C20H26N4O5/c1-13(24-18(27)20(22-19(24)28)8-2-3-9-20)16(25)21-14-6-10-23(11-7-14)17(26)15-5-4-12-29-15/h4-5,12-14H,2-3,6-11H2,1H3,(H,21,25)(H,22,28). The summed E-state index contributed by atoms with van der Waals surface area (Å²) in [7, 11) is 0. The Morgan fingerprint density at radius 1 is 1.24 bits per heavy atom. The third-order valence-corrected chi connectivity index (χ3v) is 6.28. The van der Waals surface area contributed by atoms with Crippen molar-refractivity contribution in [2.24, 2.45) is 0 Å². The van der Waals surface area contributed by atoms with E-state index >= 15 is 0 Å². The Hall–Kier alpha value is -2.84. The molecule has 1 aromatic heterocycles. The highest BCUT2D eigenvalue weighted by atomic mass is 16.3. The van der Waals surface area contributed by atoms with Gasteiger partial charge in [0.05, 0.1) is 6.26 Å². The maximum atomic E-state index is 12.8. The zero-order valence-corrected chi connectivity index (χ0v) is 16.5. The molecule has 1 atom stereocenters. The molecule has 29 heavy (non-hydrogen) atoms. The van der Waals surface area contributed by atoms with E-state index < -0.39 is 17.6 Å². The van der Waals surface area contributed by atoms with Crippen LogP contribution in [0.3, 0.4) is 0 Å². The van der Waals surface area contributed by atoms with Gasteiger partial charge in [-0.15, -0.1) is 0 Å². The summed E-state index contributed by atoms with van der Waals surface area (Å²) in [5, 5.41) is 5.74. The summed E-state index contributed by atoms with van der Waals surface area (Å²) >= 11 is 0. The van der Waals surface area contributed by atoms with Gasteiger partial charge in [0, 0.05) is 19.1 Å². The Labute approximate surface area is 168 Å². The van der Waals surface area contributed by atoms with Crippen LogP contribution in [0.4, 0.5) is 4.79 Å². The molecule has 9 heteroatoms. The Morgan fingerprint density at radius 2 is 1.93 bits per heavy atom. The van der Waals surface area contributed by atoms with Gasteiger partial charge in [0.25, 0.3) is 11.8 Å². The second-order valence-electron chi connectivity index (χ2n) is 8.12. The van der Waals surface area contributed by atoms with Crippen LogP contribution in [0.15, 0.2) is 22.8 Å². The van der Waals surface area contributed by atoms with Crippen LogP contribution in [-0.2, 0) is 9.59 Å². The molecule has 156 valence electrons. The van der Waals surface area contributed by atoms with Crippen LogP contribution in [0.5, 0.6) is 0 Å². The van der Waals surface area contributed by atoms with E-state index in [1.165, 1.54) is 6.26 Å². The summed E-state index contributed by atoms with van der Waals surface area (Å²) < 4.78 is 5.15. The van der Waals surface area contributed by atoms with Gasteiger partial charge in [-0.2, -0.15) is 0 Å². The van der Waals surface area contributed by atoms with Gasteiger partial charge in [-0.1, -0.05) is 12.8 Å². The Morgan fingerprint density at radius 3 is 2.55 bits per heavy atom. The molecule has 0 bridgehead atoms. The van der Waals surface area contributed by atoms with Crippen LogP contribution < -0.4 is 10.6 Å². The predicted octanol–water partition coefficient (Wildman–Crippen LogP) is 1.25. The monoisotopic (exact) mass is 402 g/mol. The minimum absolute atomic E-state index is 0.105. The van der Waals surface area contributed by atoms with Crippen molar-refractivity contribution in [3.05, 3.63) is 24.2 Å². The highest BCUT2D eigenvalue weighted by Crippen LogP contribution is 2.35. The van der Waals surface area contributed by atoms with E-state index in [2.05, 4.69) is 10.6 Å². The molecule has 3 aliphatic rings. The van der Waals surface area contributed by atoms with Gasteiger partial charge in [-0.05, 0) is 44.7 Å². The molecule has 2 N–H and O–H groups in total. The number of furan rings is 1. The van der Waals surface area contributed by atoms with Crippen molar-refractivity contribution in [3.8, 4) is 0 Å². The van der Waals surface area contributed by atoms with Crippen LogP contribution in [0, 0.1) is 0 Å². The van der Waals surface area contributed by atoms with Gasteiger partial charge in [0.15, 0.2) is 5.76 Å². The Bertz CT molecular complexity index is 807. The van der Waals surface area contributed by atoms with Crippen LogP contribution in [0.1, 0.15) is 56.0 Å². The van der Waals surface area contributed by atoms with Crippen molar-refractivity contribution < 1.29 is 23.6 Å². The van der Waals surface area contributed by atoms with E-state index in [1.54, 1.807) is 24.0 Å². The topological polar surface area (TPSA) is 112 Å². The van der Waals surface area contributed by atoms with E-state index in [-0.39, 0.29) is 23.8 Å². The van der Waals surface area contributed by atoms with Gasteiger partial charge in [0.1, 0.15) is 11.6 Å². The van der Waals surface area contributed by atoms with Gasteiger partial charge in [-0.25, -0.2) is 9.69 Å². The first-order chi connectivity index (χ1) is 13.9. The normalized spacial score (nSPS) is 22.8. The fraction of sp³-hybridized carbons (Fsp3) is 0.600. The molecule has 1 spiro atoms. The summed E-state index contributed by atoms with van der Waals surface area (Å²) in [6.45, 7) is 2.59. The third-order valence-electron chi connectivity index (χ3n) is 6.28. The molecule has 4 rings (SSSR count). The SMILES string of the molecule is CC(C(=O)NC1CCN(C(=O)c2ccco2)CC1)N1C(=O)NC2(CCCC2)C1=O. The number of hydrogen-bond acceptors (Lipinski definition) is 5. The molecule has 9 nitrogen and oxygen atoms in total. The summed E-state index contributed by atoms with van der Waals surface area (Å²) in [6, 6.07) is 1.84. The minimum Gasteiger partial charge on any atom is -0.459 e. The Balaban J connectivity index is 1.31. The number of carbonyl (C=O) groups is 4. The van der Waals surface area contributed by atoms with Crippen LogP contribution in [0.25, 0.3) is 0 Å². The van der Waals surface area contributed by atoms with Crippen molar-refractivity contribution in [3.63, 3.8) is 0 Å². The molecule has 2 saturated heterocycles. The maximum Gasteiger partial charge on any atom is 0.325 e. The van der Waals surface area contributed by atoms with Crippen molar-refractivity contribution in [2.75, 3.05) is 13.1 Å². The van der Waals surface area contributed by atoms with E-state index in [9.17, 15) is 19.2 Å². The summed E-state index contributed by atoms with van der Waals surface area (Å²) in [5.74, 6) is -0.490. The highest BCUT2D eigenvalue weighted by molar-refractivity contribution is 6.10. The zero-order valence-electron chi connectivity index (χ0n) is 16.5. The highest BCUT2D eigenvalue weighted by Gasteiger charge is 2.54. The Kier molecular flexibility index (Phi) is 5.06. The van der Waals surface area contributed by atoms with Gasteiger partial charge in [0.2, 0.25) is 5.91 Å². The molecule has 1 unspecified atom stereocenters. The molecule has 0 aromatic carbocycles. The molecular weight excluding hydrogens is 376 g/mol. The van der Waals surface area contributed by atoms with E-state index in [0.717, 1.165) is 17.7 Å². The number of piperidine rings is 1. The second-order valence-corrected chi connectivity index (χ2v) is 8.12. The molecule has 3 heterocycles. The lowest BCUT2D eigenvalue weighted by atomic mass is 9.97. The predicted molar refractivity (Wildman–Crippen MR) is 102 cm³/mol. The number of rotatable bonds is 4. The molecule has 5 amide bonds. The quantitative estimate of drug-likeness (QED) is 0.737. The average Bonchev–Trinajstić information content (AvgIpc) is 3.44. The first-order valence-corrected chi connectivity index (χ1v) is 10.2. The first kappa shape index (κ1) is 19.5. The van der Waals surface area contributed by atoms with E-state index in [0.29, 0.717) is 44.5 Å². The van der Waals surface area contributed by atoms with E-state index in [4.69, 9.17) is 4.42 Å². The molecule has 1 saturated carbocycles. The summed E-state index contributed by atoms with van der Waals surface area (Å²) in [5.41, 5.74) is -0.816. The van der Waals surface area contributed by atoms with Gasteiger partial charge in [-0.3, -0.25) is 14.4 Å². The molecular formula is C20H26N4O5. The number of imide groups is 1. The lowest BCUT2D eigenvalue weighted by Gasteiger charge is -2.33. The van der Waals surface area contributed by atoms with Crippen LogP contribution >= 0.6 is 0 Å². The number of amides is 5. The molecule has 1 aliphatic carbocycles. The smallest absolute Gasteiger partial charge is 0.325 e. The number of hydrogen-bond donors (Lipinski definition) is 2. The number of nitrogens with zero attached hydrogens (tertiary/aromatic N) is 2. The number of nitrogens with one attached hydrogen (secondary N) is 2. The zero-order chi connectivity index (χ0) is 20.6. The van der Waals surface area contributed by atoms with Crippen molar-refractivity contribution in [1.29, 1.82) is 0 Å². The van der Waals surface area contributed by atoms with Gasteiger partial charge >= 0.3 is 6.03 Å². The second kappa shape index (κ2) is 7.53. The number of urea groups is 1. The number of likely N-dealkylation sites (tertiary alicyclic amines) is 1. The fourth-order valence-electron chi connectivity index (χ4n) is 4.53. The van der Waals surface area contributed by atoms with Crippen molar-refractivity contribution in [1.82, 2.24) is 20.4 Å². The molecule has 1 aromatic rings. The molecule has 2 aliphatic heterocycles. The van der Waals surface area contributed by atoms with Crippen molar-refractivity contribution >= 4 is 23.8 Å². The lowest BCUT2D eigenvalue weighted by molar-refractivity contribution is -0.138. The van der Waals surface area contributed by atoms with Crippen molar-refractivity contribution in [2.45, 2.75) is 63.1 Å². The van der Waals surface area contributed by atoms with Crippen LogP contribution in [-0.4, -0.2) is 64.3 Å². The molecule has 3 fully saturated rings. The largest absolute Gasteiger partial charge is 0.459 e. The average molecular weight is 402 g/mol. The maximum absolute atomic E-state index is 12.8. The molecule has 0 radical (unpaired) electrons. The number of carbonyl (C=O) groups excluding carboxylic acids is 4. The summed E-state index contributed by atoms with van der Waals surface area (Å²) in [4.78, 5) is 53.0. The van der Waals surface area contributed by atoms with Gasteiger partial charge < -0.3 is 20.0 Å². The summed E-state index contributed by atoms with van der Waals surface area (Å²) in [6.07, 6.45) is 5.73.